The second kappa shape index (κ2) is 8.70. The molecule has 0 saturated heterocycles. The van der Waals surface area contributed by atoms with Crippen molar-refractivity contribution in [3.05, 3.63) is 96.2 Å². The summed E-state index contributed by atoms with van der Waals surface area (Å²) in [5.74, 6) is 0.552. The molecule has 7 rings (SSSR count). The van der Waals surface area contributed by atoms with Gasteiger partial charge in [0.2, 0.25) is 6.79 Å². The van der Waals surface area contributed by atoms with Gasteiger partial charge < -0.3 is 9.47 Å². The normalized spacial score (nSPS) is 14.9. The van der Waals surface area contributed by atoms with E-state index in [0.29, 0.717) is 28.5 Å². The largest absolute Gasteiger partial charge is 0.454 e. The van der Waals surface area contributed by atoms with Gasteiger partial charge in [-0.05, 0) is 42.0 Å². The number of fused-ring (bicyclic) bond motifs is 5. The summed E-state index contributed by atoms with van der Waals surface area (Å²) in [5, 5.41) is 6.39. The number of nitrogens with zero attached hydrogens (tertiary/aromatic N) is 4. The molecule has 8 nitrogen and oxygen atoms in total. The van der Waals surface area contributed by atoms with E-state index in [0.717, 1.165) is 22.0 Å². The smallest absolute Gasteiger partial charge is 0.291 e. The zero-order chi connectivity index (χ0) is 25.6. The molecule has 0 spiro atoms. The van der Waals surface area contributed by atoms with Gasteiger partial charge in [-0.1, -0.05) is 54.6 Å². The highest BCUT2D eigenvalue weighted by Crippen LogP contribution is 2.43. The summed E-state index contributed by atoms with van der Waals surface area (Å²) in [7, 11) is 0. The lowest BCUT2D eigenvalue weighted by Crippen LogP contribution is -2.43. The van der Waals surface area contributed by atoms with Crippen LogP contribution in [-0.2, 0) is 0 Å². The van der Waals surface area contributed by atoms with Crippen molar-refractivity contribution in [2.75, 3.05) is 13.3 Å². The van der Waals surface area contributed by atoms with Crippen molar-refractivity contribution in [3.63, 3.8) is 0 Å². The number of amides is 1. The highest BCUT2D eigenvalue weighted by molar-refractivity contribution is 6.10. The maximum atomic E-state index is 13.6. The molecule has 4 aliphatic heterocycles. The van der Waals surface area contributed by atoms with Crippen LogP contribution in [0.25, 0.3) is 39.5 Å². The molecule has 4 aliphatic rings. The van der Waals surface area contributed by atoms with E-state index in [9.17, 15) is 9.59 Å². The van der Waals surface area contributed by atoms with Crippen LogP contribution in [0.2, 0.25) is 0 Å². The van der Waals surface area contributed by atoms with Crippen LogP contribution in [-0.4, -0.2) is 45.9 Å². The zero-order valence-electron chi connectivity index (χ0n) is 20.1. The SMILES string of the molecule is O=C1c2cc3c4ccccc4nc-3c(-c3ccc4c(c3)OCO4)n2C(=O)CN1/N=C\C=C\c1ccccc1. The van der Waals surface area contributed by atoms with E-state index in [1.807, 2.05) is 72.8 Å². The molecule has 3 aromatic carbocycles. The number of carbonyl (C=O) groups excluding carboxylic acids is 2. The predicted octanol–water partition coefficient (Wildman–Crippen LogP) is 5.33. The Hall–Kier alpha value is -5.24. The summed E-state index contributed by atoms with van der Waals surface area (Å²) < 4.78 is 12.5. The van der Waals surface area contributed by atoms with Crippen molar-refractivity contribution in [1.29, 1.82) is 0 Å². The van der Waals surface area contributed by atoms with Crippen molar-refractivity contribution >= 4 is 35.0 Å². The van der Waals surface area contributed by atoms with Gasteiger partial charge in [-0.15, -0.1) is 0 Å². The van der Waals surface area contributed by atoms with Crippen molar-refractivity contribution in [1.82, 2.24) is 14.6 Å². The fraction of sp³-hybridized carbons (Fsp3) is 0.0667. The lowest BCUT2D eigenvalue weighted by atomic mass is 9.99. The highest BCUT2D eigenvalue weighted by atomic mass is 16.7. The summed E-state index contributed by atoms with van der Waals surface area (Å²) in [6.45, 7) is -0.0642. The Morgan fingerprint density at radius 1 is 0.895 bits per heavy atom. The topological polar surface area (TPSA) is 86.0 Å². The molecule has 0 aliphatic carbocycles. The Labute approximate surface area is 217 Å². The Bertz CT molecular complexity index is 1770. The number of aromatic nitrogens is 2. The molecule has 0 N–H and O–H groups in total. The quantitative estimate of drug-likeness (QED) is 0.311. The van der Waals surface area contributed by atoms with Gasteiger partial charge in [0.1, 0.15) is 12.2 Å². The number of hydrogen-bond acceptors (Lipinski definition) is 6. The second-order valence-corrected chi connectivity index (χ2v) is 8.96. The Kier molecular flexibility index (Phi) is 5.04. The average Bonchev–Trinajstić information content (AvgIpc) is 3.57. The van der Waals surface area contributed by atoms with Crippen molar-refractivity contribution in [2.24, 2.45) is 5.10 Å². The molecule has 38 heavy (non-hydrogen) atoms. The van der Waals surface area contributed by atoms with Crippen LogP contribution in [0.1, 0.15) is 20.8 Å². The van der Waals surface area contributed by atoms with E-state index in [-0.39, 0.29) is 30.8 Å². The lowest BCUT2D eigenvalue weighted by Gasteiger charge is -2.28. The van der Waals surface area contributed by atoms with Crippen LogP contribution in [0, 0.1) is 0 Å². The van der Waals surface area contributed by atoms with E-state index >= 15 is 0 Å². The van der Waals surface area contributed by atoms with Crippen LogP contribution in [0.5, 0.6) is 11.5 Å². The molecule has 0 atom stereocenters. The minimum Gasteiger partial charge on any atom is -0.454 e. The molecule has 3 aromatic rings. The van der Waals surface area contributed by atoms with Crippen LogP contribution in [0.15, 0.2) is 90.0 Å². The molecule has 0 radical (unpaired) electrons. The summed E-state index contributed by atoms with van der Waals surface area (Å²) in [6.07, 6.45) is 5.14. The molecule has 0 aromatic heterocycles. The molecule has 0 unspecified atom stereocenters. The maximum absolute atomic E-state index is 13.6. The fourth-order valence-corrected chi connectivity index (χ4v) is 4.92. The maximum Gasteiger partial charge on any atom is 0.291 e. The number of ether oxygens (including phenoxy) is 2. The van der Waals surface area contributed by atoms with E-state index in [4.69, 9.17) is 14.5 Å². The summed E-state index contributed by atoms with van der Waals surface area (Å²) in [6, 6.07) is 24.7. The highest BCUT2D eigenvalue weighted by Gasteiger charge is 2.35. The van der Waals surface area contributed by atoms with Crippen molar-refractivity contribution < 1.29 is 19.1 Å². The van der Waals surface area contributed by atoms with E-state index < -0.39 is 0 Å². The standard InChI is InChI=1S/C30H20N4O4/c35-27-17-33(31-14-6-9-19-7-2-1-3-8-19)30(36)24-16-22-21-10-4-5-11-23(21)32-28(22)29(34(24)27)20-12-13-25-26(15-20)38-18-37-25/h1-16H,17-18H2/b9-6+,31-14-. The first kappa shape index (κ1) is 22.0. The van der Waals surface area contributed by atoms with Crippen LogP contribution >= 0.6 is 0 Å². The minimum absolute atomic E-state index is 0.135. The lowest BCUT2D eigenvalue weighted by molar-refractivity contribution is 0.0625. The first-order chi connectivity index (χ1) is 18.7. The average molecular weight is 501 g/mol. The minimum atomic E-state index is -0.372. The molecule has 0 saturated carbocycles. The fourth-order valence-electron chi connectivity index (χ4n) is 4.92. The number of rotatable bonds is 4. The van der Waals surface area contributed by atoms with Gasteiger partial charge in [-0.2, -0.15) is 5.10 Å². The number of pyridine rings is 1. The van der Waals surface area contributed by atoms with E-state index in [1.54, 1.807) is 18.2 Å². The monoisotopic (exact) mass is 500 g/mol. The molecular weight excluding hydrogens is 480 g/mol. The number of para-hydroxylation sites is 1. The van der Waals surface area contributed by atoms with Crippen LogP contribution in [0.4, 0.5) is 0 Å². The number of hydrazone groups is 1. The first-order valence-corrected chi connectivity index (χ1v) is 12.1. The molecule has 8 heteroatoms. The Morgan fingerprint density at radius 2 is 1.71 bits per heavy atom. The number of benzene rings is 3. The number of hydrogen-bond donors (Lipinski definition) is 0. The third kappa shape index (κ3) is 3.54. The van der Waals surface area contributed by atoms with Gasteiger partial charge in [0.25, 0.3) is 11.8 Å². The second-order valence-electron chi connectivity index (χ2n) is 8.96. The zero-order valence-corrected chi connectivity index (χ0v) is 20.1. The third-order valence-electron chi connectivity index (χ3n) is 6.67. The number of carbonyl (C=O) groups is 2. The van der Waals surface area contributed by atoms with Crippen LogP contribution in [0.3, 0.4) is 0 Å². The molecule has 4 heterocycles. The Morgan fingerprint density at radius 3 is 2.61 bits per heavy atom. The van der Waals surface area contributed by atoms with Gasteiger partial charge >= 0.3 is 0 Å². The summed E-state index contributed by atoms with van der Waals surface area (Å²) in [5.41, 5.74) is 4.68. The van der Waals surface area contributed by atoms with Gasteiger partial charge in [0.15, 0.2) is 11.5 Å². The van der Waals surface area contributed by atoms with E-state index in [1.165, 1.54) is 15.8 Å². The molecular formula is C30H20N4O4. The molecule has 0 fully saturated rings. The van der Waals surface area contributed by atoms with Crippen LogP contribution < -0.4 is 9.47 Å². The molecule has 184 valence electrons. The summed E-state index contributed by atoms with van der Waals surface area (Å²) in [4.78, 5) is 32.1. The molecule has 0 bridgehead atoms. The van der Waals surface area contributed by atoms with E-state index in [2.05, 4.69) is 5.10 Å². The van der Waals surface area contributed by atoms with Crippen molar-refractivity contribution in [3.8, 4) is 34.0 Å². The third-order valence-corrected chi connectivity index (χ3v) is 6.67. The van der Waals surface area contributed by atoms with Gasteiger partial charge in [0, 0.05) is 22.7 Å². The first-order valence-electron chi connectivity index (χ1n) is 12.1. The predicted molar refractivity (Wildman–Crippen MR) is 144 cm³/mol. The van der Waals surface area contributed by atoms with Gasteiger partial charge in [0.05, 0.1) is 16.9 Å². The van der Waals surface area contributed by atoms with Gasteiger partial charge in [-0.3, -0.25) is 14.2 Å². The van der Waals surface area contributed by atoms with Gasteiger partial charge in [-0.25, -0.2) is 9.99 Å². The summed E-state index contributed by atoms with van der Waals surface area (Å²) >= 11 is 0. The number of allylic oxidation sites excluding steroid dienone is 1. The molecule has 1 amide bonds. The van der Waals surface area contributed by atoms with Crippen molar-refractivity contribution in [2.45, 2.75) is 0 Å². The Balaban J connectivity index is 1.36.